The fraction of sp³-hybridized carbons (Fsp3) is 0.222. The number of aryl methyl sites for hydroxylation is 1. The van der Waals surface area contributed by atoms with Crippen molar-refractivity contribution in [2.75, 3.05) is 0 Å². The lowest BCUT2D eigenvalue weighted by molar-refractivity contribution is 0.283. The fourth-order valence-electron chi connectivity index (χ4n) is 1.37. The zero-order valence-corrected chi connectivity index (χ0v) is 6.78. The summed E-state index contributed by atoms with van der Waals surface area (Å²) in [6.45, 7) is 0.0351. The van der Waals surface area contributed by atoms with E-state index in [0.29, 0.717) is 0 Å². The van der Waals surface area contributed by atoms with Gasteiger partial charge >= 0.3 is 0 Å². The van der Waals surface area contributed by atoms with Crippen LogP contribution in [0.25, 0.3) is 10.9 Å². The molecule has 0 aliphatic carbocycles. The predicted molar refractivity (Wildman–Crippen MR) is 45.5 cm³/mol. The van der Waals surface area contributed by atoms with Gasteiger partial charge in [0.15, 0.2) is 0 Å². The van der Waals surface area contributed by atoms with Crippen LogP contribution in [0.1, 0.15) is 5.56 Å². The fourth-order valence-corrected chi connectivity index (χ4v) is 1.37. The smallest absolute Gasteiger partial charge is 0.0734 e. The Morgan fingerprint density at radius 1 is 1.58 bits per heavy atom. The zero-order valence-electron chi connectivity index (χ0n) is 6.78. The van der Waals surface area contributed by atoms with Crippen molar-refractivity contribution in [3.8, 4) is 0 Å². The predicted octanol–water partition coefficient (Wildman–Crippen LogP) is 0.866. The number of aliphatic hydroxyl groups is 1. The highest BCUT2D eigenvalue weighted by Gasteiger charge is 2.03. The molecule has 0 fully saturated rings. The van der Waals surface area contributed by atoms with E-state index in [4.69, 9.17) is 5.11 Å². The van der Waals surface area contributed by atoms with Gasteiger partial charge in [-0.2, -0.15) is 5.10 Å². The third-order valence-electron chi connectivity index (χ3n) is 1.94. The first kappa shape index (κ1) is 7.31. The van der Waals surface area contributed by atoms with E-state index in [0.717, 1.165) is 16.5 Å². The Balaban J connectivity index is 2.84. The Hall–Kier alpha value is -1.35. The first-order chi connectivity index (χ1) is 5.83. The molecule has 0 saturated heterocycles. The van der Waals surface area contributed by atoms with E-state index in [1.54, 1.807) is 16.9 Å². The summed E-state index contributed by atoms with van der Waals surface area (Å²) >= 11 is 0. The first-order valence-electron chi connectivity index (χ1n) is 3.74. The molecular formula is C9H9N2O. The second kappa shape index (κ2) is 2.60. The van der Waals surface area contributed by atoms with Crippen LogP contribution in [0.4, 0.5) is 0 Å². The van der Waals surface area contributed by atoms with Crippen LogP contribution in [0, 0.1) is 6.07 Å². The maximum atomic E-state index is 9.02. The number of hydrogen-bond acceptors (Lipinski definition) is 2. The molecule has 0 aliphatic rings. The lowest BCUT2D eigenvalue weighted by atomic mass is 10.1. The van der Waals surface area contributed by atoms with E-state index in [-0.39, 0.29) is 6.61 Å². The number of benzene rings is 1. The highest BCUT2D eigenvalue weighted by molar-refractivity contribution is 5.81. The van der Waals surface area contributed by atoms with Crippen LogP contribution in [0.15, 0.2) is 18.3 Å². The molecule has 2 aromatic rings. The maximum absolute atomic E-state index is 9.02. The summed E-state index contributed by atoms with van der Waals surface area (Å²) in [7, 11) is 1.86. The molecule has 2 rings (SSSR count). The van der Waals surface area contributed by atoms with Crippen molar-refractivity contribution >= 4 is 10.9 Å². The standard InChI is InChI=1S/C9H9N2O/c1-11-9-7(5-10-11)3-2-4-8(9)6-12/h3-5,12H,6H2,1H3. The van der Waals surface area contributed by atoms with Gasteiger partial charge in [-0.1, -0.05) is 0 Å². The van der Waals surface area contributed by atoms with Gasteiger partial charge in [0, 0.05) is 18.0 Å². The second-order valence-electron chi connectivity index (χ2n) is 2.71. The lowest BCUT2D eigenvalue weighted by Crippen LogP contribution is -1.93. The van der Waals surface area contributed by atoms with E-state index < -0.39 is 0 Å². The van der Waals surface area contributed by atoms with Crippen LogP contribution < -0.4 is 0 Å². The summed E-state index contributed by atoms with van der Waals surface area (Å²) in [5.41, 5.74) is 1.85. The van der Waals surface area contributed by atoms with Crippen LogP contribution in [-0.4, -0.2) is 14.9 Å². The van der Waals surface area contributed by atoms with Gasteiger partial charge in [-0.3, -0.25) is 4.68 Å². The Morgan fingerprint density at radius 2 is 2.42 bits per heavy atom. The Morgan fingerprint density at radius 3 is 3.17 bits per heavy atom. The molecule has 0 amide bonds. The van der Waals surface area contributed by atoms with Crippen molar-refractivity contribution < 1.29 is 5.11 Å². The minimum atomic E-state index is 0.0351. The molecule has 3 nitrogen and oxygen atoms in total. The summed E-state index contributed by atoms with van der Waals surface area (Å²) in [5.74, 6) is 0. The average molecular weight is 161 g/mol. The Kier molecular flexibility index (Phi) is 1.59. The molecule has 1 heterocycles. The second-order valence-corrected chi connectivity index (χ2v) is 2.71. The van der Waals surface area contributed by atoms with Gasteiger partial charge < -0.3 is 5.11 Å². The normalized spacial score (nSPS) is 10.8. The molecule has 3 heteroatoms. The molecule has 1 aromatic heterocycles. The third kappa shape index (κ3) is 0.905. The van der Waals surface area contributed by atoms with E-state index in [1.165, 1.54) is 0 Å². The first-order valence-corrected chi connectivity index (χ1v) is 3.74. The lowest BCUT2D eigenvalue weighted by Gasteiger charge is -1.99. The minimum Gasteiger partial charge on any atom is -0.392 e. The SMILES string of the molecule is Cn1ncc2c[c]cc(CO)c21. The summed E-state index contributed by atoms with van der Waals surface area (Å²) in [5, 5.41) is 14.1. The molecule has 0 atom stereocenters. The number of hydrogen-bond donors (Lipinski definition) is 1. The Labute approximate surface area is 70.2 Å². The number of rotatable bonds is 1. The van der Waals surface area contributed by atoms with Gasteiger partial charge in [-0.25, -0.2) is 0 Å². The van der Waals surface area contributed by atoms with Crippen LogP contribution in [0.5, 0.6) is 0 Å². The average Bonchev–Trinajstić information content (AvgIpc) is 2.48. The number of aromatic nitrogens is 2. The monoisotopic (exact) mass is 161 g/mol. The van der Waals surface area contributed by atoms with Crippen molar-refractivity contribution in [2.45, 2.75) is 6.61 Å². The van der Waals surface area contributed by atoms with Crippen LogP contribution in [0.3, 0.4) is 0 Å². The van der Waals surface area contributed by atoms with Crippen LogP contribution >= 0.6 is 0 Å². The summed E-state index contributed by atoms with van der Waals surface area (Å²) < 4.78 is 1.76. The molecular weight excluding hydrogens is 152 g/mol. The van der Waals surface area contributed by atoms with Gasteiger partial charge in [-0.15, -0.1) is 0 Å². The molecule has 0 aliphatic heterocycles. The van der Waals surface area contributed by atoms with Crippen molar-refractivity contribution in [3.05, 3.63) is 30.0 Å². The molecule has 0 saturated carbocycles. The van der Waals surface area contributed by atoms with Crippen molar-refractivity contribution in [1.29, 1.82) is 0 Å². The summed E-state index contributed by atoms with van der Waals surface area (Å²) in [6, 6.07) is 6.60. The van der Waals surface area contributed by atoms with Crippen LogP contribution in [-0.2, 0) is 13.7 Å². The molecule has 1 N–H and O–H groups in total. The van der Waals surface area contributed by atoms with E-state index in [9.17, 15) is 0 Å². The van der Waals surface area contributed by atoms with Crippen molar-refractivity contribution in [1.82, 2.24) is 9.78 Å². The quantitative estimate of drug-likeness (QED) is 0.673. The maximum Gasteiger partial charge on any atom is 0.0734 e. The number of fused-ring (bicyclic) bond motifs is 1. The zero-order chi connectivity index (χ0) is 8.55. The highest BCUT2D eigenvalue weighted by Crippen LogP contribution is 2.16. The molecule has 1 radical (unpaired) electrons. The minimum absolute atomic E-state index is 0.0351. The summed E-state index contributed by atoms with van der Waals surface area (Å²) in [4.78, 5) is 0. The van der Waals surface area contributed by atoms with Gasteiger partial charge in [0.05, 0.1) is 18.3 Å². The Bertz CT molecular complexity index is 406. The van der Waals surface area contributed by atoms with E-state index >= 15 is 0 Å². The summed E-state index contributed by atoms with van der Waals surface area (Å²) in [6.07, 6.45) is 1.77. The molecule has 12 heavy (non-hydrogen) atoms. The number of aliphatic hydroxyl groups excluding tert-OH is 1. The third-order valence-corrected chi connectivity index (χ3v) is 1.94. The molecule has 0 spiro atoms. The molecule has 0 bridgehead atoms. The molecule has 1 aromatic carbocycles. The molecule has 0 unspecified atom stereocenters. The molecule has 61 valence electrons. The van der Waals surface area contributed by atoms with Crippen LogP contribution in [0.2, 0.25) is 0 Å². The van der Waals surface area contributed by atoms with E-state index in [1.807, 2.05) is 13.1 Å². The van der Waals surface area contributed by atoms with E-state index in [2.05, 4.69) is 11.2 Å². The van der Waals surface area contributed by atoms with Gasteiger partial charge in [0.2, 0.25) is 0 Å². The van der Waals surface area contributed by atoms with Gasteiger partial charge in [-0.05, 0) is 18.2 Å². The van der Waals surface area contributed by atoms with Crippen molar-refractivity contribution in [3.63, 3.8) is 0 Å². The highest BCUT2D eigenvalue weighted by atomic mass is 16.3. The van der Waals surface area contributed by atoms with Crippen molar-refractivity contribution in [2.24, 2.45) is 7.05 Å². The van der Waals surface area contributed by atoms with Gasteiger partial charge in [0.1, 0.15) is 0 Å². The topological polar surface area (TPSA) is 38.0 Å². The number of nitrogens with zero attached hydrogens (tertiary/aromatic N) is 2. The largest absolute Gasteiger partial charge is 0.392 e. The van der Waals surface area contributed by atoms with Gasteiger partial charge in [0.25, 0.3) is 0 Å².